The average Bonchev–Trinajstić information content (AvgIpc) is 3.06. The molecule has 1 aliphatic heterocycles. The normalized spacial score (nSPS) is 17.1. The van der Waals surface area contributed by atoms with Gasteiger partial charge in [0.25, 0.3) is 5.91 Å². The first kappa shape index (κ1) is 16.9. The van der Waals surface area contributed by atoms with Gasteiger partial charge < -0.3 is 15.4 Å². The molecule has 0 saturated carbocycles. The molecule has 3 rings (SSSR count). The number of ether oxygens (including phenoxy) is 1. The third-order valence-corrected chi connectivity index (χ3v) is 4.63. The van der Waals surface area contributed by atoms with Gasteiger partial charge in [0, 0.05) is 19.3 Å². The first-order valence-corrected chi connectivity index (χ1v) is 8.45. The van der Waals surface area contributed by atoms with Crippen LogP contribution in [0.1, 0.15) is 16.8 Å². The molecule has 1 saturated heterocycles. The van der Waals surface area contributed by atoms with Crippen LogP contribution in [0.5, 0.6) is 11.6 Å². The summed E-state index contributed by atoms with van der Waals surface area (Å²) in [6.07, 6.45) is 2.46. The van der Waals surface area contributed by atoms with E-state index >= 15 is 0 Å². The van der Waals surface area contributed by atoms with E-state index in [1.165, 1.54) is 18.2 Å². The number of benzene rings is 1. The van der Waals surface area contributed by atoms with Gasteiger partial charge in [-0.1, -0.05) is 0 Å². The second-order valence-corrected chi connectivity index (χ2v) is 6.53. The van der Waals surface area contributed by atoms with Crippen LogP contribution in [0.2, 0.25) is 0 Å². The molecule has 24 heavy (non-hydrogen) atoms. The number of likely N-dealkylation sites (tertiary alicyclic amines) is 1. The lowest BCUT2D eigenvalue weighted by atomic mass is 10.1. The lowest BCUT2D eigenvalue weighted by Gasteiger charge is -2.18. The van der Waals surface area contributed by atoms with Crippen molar-refractivity contribution >= 4 is 21.8 Å². The summed E-state index contributed by atoms with van der Waals surface area (Å²) in [5, 5.41) is 0. The van der Waals surface area contributed by atoms with E-state index < -0.39 is 0 Å². The molecule has 0 aliphatic carbocycles. The van der Waals surface area contributed by atoms with Crippen molar-refractivity contribution in [1.82, 2.24) is 9.88 Å². The summed E-state index contributed by atoms with van der Waals surface area (Å²) in [6, 6.07) is 7.44. The highest BCUT2D eigenvalue weighted by molar-refractivity contribution is 9.10. The van der Waals surface area contributed by atoms with E-state index in [1.807, 2.05) is 0 Å². The summed E-state index contributed by atoms with van der Waals surface area (Å²) in [5.74, 6) is 0.418. The highest BCUT2D eigenvalue weighted by Gasteiger charge is 2.28. The number of hydrogen-bond donors (Lipinski definition) is 1. The molecule has 5 nitrogen and oxygen atoms in total. The zero-order valence-electron chi connectivity index (χ0n) is 12.9. The minimum Gasteiger partial charge on any atom is -0.437 e. The predicted octanol–water partition coefficient (Wildman–Crippen LogP) is 3.20. The van der Waals surface area contributed by atoms with Gasteiger partial charge in [-0.05, 0) is 65.1 Å². The minimum absolute atomic E-state index is 0.132. The quantitative estimate of drug-likeness (QED) is 0.865. The van der Waals surface area contributed by atoms with Crippen LogP contribution in [-0.4, -0.2) is 35.4 Å². The Balaban J connectivity index is 1.84. The molecule has 1 aliphatic rings. The zero-order valence-corrected chi connectivity index (χ0v) is 14.5. The summed E-state index contributed by atoms with van der Waals surface area (Å²) in [5.41, 5.74) is 6.07. The fraction of sp³-hybridized carbons (Fsp3) is 0.294. The van der Waals surface area contributed by atoms with Gasteiger partial charge in [0.05, 0.1) is 4.47 Å². The van der Waals surface area contributed by atoms with Gasteiger partial charge in [0.15, 0.2) is 0 Å². The fourth-order valence-corrected chi connectivity index (χ4v) is 3.11. The molecule has 7 heteroatoms. The highest BCUT2D eigenvalue weighted by atomic mass is 79.9. The Morgan fingerprint density at radius 2 is 2.29 bits per heavy atom. The number of hydrogen-bond acceptors (Lipinski definition) is 4. The maximum atomic E-state index is 13.2. The number of rotatable bonds is 4. The zero-order chi connectivity index (χ0) is 17.1. The summed E-state index contributed by atoms with van der Waals surface area (Å²) in [4.78, 5) is 18.7. The highest BCUT2D eigenvalue weighted by Crippen LogP contribution is 2.31. The van der Waals surface area contributed by atoms with E-state index in [4.69, 9.17) is 10.5 Å². The predicted molar refractivity (Wildman–Crippen MR) is 91.5 cm³/mol. The van der Waals surface area contributed by atoms with E-state index in [1.54, 1.807) is 23.2 Å². The largest absolute Gasteiger partial charge is 0.437 e. The summed E-state index contributed by atoms with van der Waals surface area (Å²) >= 11 is 3.25. The van der Waals surface area contributed by atoms with Crippen molar-refractivity contribution in [2.24, 2.45) is 11.7 Å². The third-order valence-electron chi connectivity index (χ3n) is 4.01. The monoisotopic (exact) mass is 393 g/mol. The number of aromatic nitrogens is 1. The van der Waals surface area contributed by atoms with Crippen LogP contribution in [0.3, 0.4) is 0 Å². The SMILES string of the molecule is NCC1CCN(C(=O)c2cccnc2Oc2ccc(F)cc2Br)C1. The van der Waals surface area contributed by atoms with Crippen molar-refractivity contribution in [3.05, 3.63) is 52.4 Å². The molecular formula is C17H17BrFN3O2. The number of carbonyl (C=O) groups excluding carboxylic acids is 1. The molecule has 1 unspecified atom stereocenters. The molecule has 0 spiro atoms. The Labute approximate surface area is 147 Å². The van der Waals surface area contributed by atoms with E-state index in [-0.39, 0.29) is 17.6 Å². The average molecular weight is 394 g/mol. The van der Waals surface area contributed by atoms with E-state index in [0.717, 1.165) is 6.42 Å². The molecule has 2 N–H and O–H groups in total. The van der Waals surface area contributed by atoms with Gasteiger partial charge in [-0.3, -0.25) is 4.79 Å². The van der Waals surface area contributed by atoms with Gasteiger partial charge in [-0.2, -0.15) is 0 Å². The Hall–Kier alpha value is -1.99. The van der Waals surface area contributed by atoms with Gasteiger partial charge in [-0.15, -0.1) is 0 Å². The van der Waals surface area contributed by atoms with Crippen LogP contribution in [0.15, 0.2) is 41.0 Å². The van der Waals surface area contributed by atoms with Crippen molar-refractivity contribution in [3.63, 3.8) is 0 Å². The van der Waals surface area contributed by atoms with Gasteiger partial charge in [0.1, 0.15) is 17.1 Å². The van der Waals surface area contributed by atoms with Crippen LogP contribution in [0, 0.1) is 11.7 Å². The molecule has 1 amide bonds. The molecule has 1 atom stereocenters. The minimum atomic E-state index is -0.378. The van der Waals surface area contributed by atoms with Gasteiger partial charge in [-0.25, -0.2) is 9.37 Å². The summed E-state index contributed by atoms with van der Waals surface area (Å²) in [6.45, 7) is 1.89. The summed E-state index contributed by atoms with van der Waals surface area (Å²) < 4.78 is 19.4. The van der Waals surface area contributed by atoms with Crippen LogP contribution in [0.4, 0.5) is 4.39 Å². The number of nitrogens with two attached hydrogens (primary N) is 1. The lowest BCUT2D eigenvalue weighted by Crippen LogP contribution is -2.30. The topological polar surface area (TPSA) is 68.5 Å². The smallest absolute Gasteiger partial charge is 0.259 e. The Bertz CT molecular complexity index is 756. The van der Waals surface area contributed by atoms with Gasteiger partial charge >= 0.3 is 0 Å². The molecular weight excluding hydrogens is 377 g/mol. The van der Waals surface area contributed by atoms with Gasteiger partial charge in [0.2, 0.25) is 5.88 Å². The molecule has 0 radical (unpaired) electrons. The van der Waals surface area contributed by atoms with Crippen LogP contribution >= 0.6 is 15.9 Å². The van der Waals surface area contributed by atoms with Crippen molar-refractivity contribution in [1.29, 1.82) is 0 Å². The Morgan fingerprint density at radius 1 is 1.46 bits per heavy atom. The van der Waals surface area contributed by atoms with E-state index in [0.29, 0.717) is 41.3 Å². The molecule has 1 aromatic heterocycles. The van der Waals surface area contributed by atoms with Crippen LogP contribution in [-0.2, 0) is 0 Å². The molecule has 2 heterocycles. The van der Waals surface area contributed by atoms with Crippen LogP contribution < -0.4 is 10.5 Å². The Morgan fingerprint density at radius 3 is 3.00 bits per heavy atom. The van der Waals surface area contributed by atoms with E-state index in [9.17, 15) is 9.18 Å². The van der Waals surface area contributed by atoms with Crippen molar-refractivity contribution in [2.75, 3.05) is 19.6 Å². The number of nitrogens with zero attached hydrogens (tertiary/aromatic N) is 2. The lowest BCUT2D eigenvalue weighted by molar-refractivity contribution is 0.0784. The van der Waals surface area contributed by atoms with Crippen molar-refractivity contribution < 1.29 is 13.9 Å². The molecule has 1 fully saturated rings. The number of halogens is 2. The first-order chi connectivity index (χ1) is 11.6. The molecule has 1 aromatic carbocycles. The van der Waals surface area contributed by atoms with Crippen molar-refractivity contribution in [2.45, 2.75) is 6.42 Å². The first-order valence-electron chi connectivity index (χ1n) is 7.65. The number of pyridine rings is 1. The maximum absolute atomic E-state index is 13.2. The van der Waals surface area contributed by atoms with Crippen molar-refractivity contribution in [3.8, 4) is 11.6 Å². The maximum Gasteiger partial charge on any atom is 0.259 e. The third kappa shape index (κ3) is 3.57. The number of carbonyl (C=O) groups is 1. The van der Waals surface area contributed by atoms with Crippen LogP contribution in [0.25, 0.3) is 0 Å². The molecule has 2 aromatic rings. The second kappa shape index (κ2) is 7.27. The molecule has 126 valence electrons. The van der Waals surface area contributed by atoms with E-state index in [2.05, 4.69) is 20.9 Å². The summed E-state index contributed by atoms with van der Waals surface area (Å²) in [7, 11) is 0. The Kier molecular flexibility index (Phi) is 5.11. The number of amides is 1. The fourth-order valence-electron chi connectivity index (χ4n) is 2.68. The molecule has 0 bridgehead atoms. The standard InChI is InChI=1S/C17H17BrFN3O2/c18-14-8-12(19)3-4-15(14)24-16-13(2-1-6-21-16)17(23)22-7-5-11(9-20)10-22/h1-4,6,8,11H,5,7,9-10,20H2. The second-order valence-electron chi connectivity index (χ2n) is 5.67.